The van der Waals surface area contributed by atoms with Crippen molar-refractivity contribution in [3.05, 3.63) is 77.9 Å². The number of anilines is 1. The lowest BCUT2D eigenvalue weighted by Gasteiger charge is -2.40. The number of carbonyl (C=O) groups is 3. The Hall–Kier alpha value is -3.70. The molecule has 3 heterocycles. The molecular weight excluding hydrogens is 573 g/mol. The van der Waals surface area contributed by atoms with Crippen LogP contribution < -0.4 is 16.0 Å². The summed E-state index contributed by atoms with van der Waals surface area (Å²) in [6, 6.07) is 13.1. The molecule has 0 saturated carbocycles. The predicted octanol–water partition coefficient (Wildman–Crippen LogP) is 4.32. The van der Waals surface area contributed by atoms with Gasteiger partial charge in [-0.1, -0.05) is 42.5 Å². The number of carbonyl (C=O) groups excluding carboxylic acids is 3. The maximum absolute atomic E-state index is 13.7. The van der Waals surface area contributed by atoms with Crippen molar-refractivity contribution < 1.29 is 32.3 Å². The second kappa shape index (κ2) is 13.9. The number of nitrogens with zero attached hydrogens (tertiary/aromatic N) is 1. The molecule has 236 valence electrons. The van der Waals surface area contributed by atoms with Gasteiger partial charge >= 0.3 is 6.18 Å². The van der Waals surface area contributed by atoms with E-state index in [2.05, 4.69) is 28.1 Å². The van der Waals surface area contributed by atoms with E-state index >= 15 is 0 Å². The van der Waals surface area contributed by atoms with Gasteiger partial charge in [0.25, 0.3) is 0 Å². The molecule has 0 radical (unpaired) electrons. The summed E-state index contributed by atoms with van der Waals surface area (Å²) in [4.78, 5) is 42.2. The van der Waals surface area contributed by atoms with Gasteiger partial charge in [-0.15, -0.1) is 0 Å². The van der Waals surface area contributed by atoms with E-state index in [0.29, 0.717) is 70.5 Å². The number of amides is 3. The highest BCUT2D eigenvalue weighted by Gasteiger charge is 2.41. The van der Waals surface area contributed by atoms with Crippen molar-refractivity contribution >= 4 is 23.4 Å². The minimum absolute atomic E-state index is 0.0287. The third-order valence-electron chi connectivity index (χ3n) is 8.96. The van der Waals surface area contributed by atoms with Gasteiger partial charge in [0.2, 0.25) is 17.7 Å². The number of hydrogen-bond acceptors (Lipinski definition) is 5. The number of likely N-dealkylation sites (tertiary alicyclic amines) is 1. The smallest absolute Gasteiger partial charge is 0.381 e. The van der Waals surface area contributed by atoms with E-state index in [1.165, 1.54) is 12.1 Å². The molecule has 3 atom stereocenters. The first kappa shape index (κ1) is 31.7. The lowest BCUT2D eigenvalue weighted by Crippen LogP contribution is -2.58. The summed E-state index contributed by atoms with van der Waals surface area (Å²) in [7, 11) is 0. The summed E-state index contributed by atoms with van der Waals surface area (Å²) >= 11 is 0. The Kier molecular flexibility index (Phi) is 10.1. The molecule has 0 aromatic heterocycles. The topological polar surface area (TPSA) is 99.8 Å². The van der Waals surface area contributed by atoms with Crippen LogP contribution in [0.25, 0.3) is 0 Å². The van der Waals surface area contributed by atoms with Crippen molar-refractivity contribution in [3.63, 3.8) is 0 Å². The van der Waals surface area contributed by atoms with Crippen LogP contribution in [0.5, 0.6) is 0 Å². The number of allylic oxidation sites excluding steroid dienone is 2. The molecule has 5 rings (SSSR count). The minimum Gasteiger partial charge on any atom is -0.381 e. The number of ether oxygens (including phenoxy) is 1. The van der Waals surface area contributed by atoms with Crippen molar-refractivity contribution in [3.8, 4) is 0 Å². The summed E-state index contributed by atoms with van der Waals surface area (Å²) in [5.74, 6) is -0.631. The van der Waals surface area contributed by atoms with Crippen molar-refractivity contribution in [2.24, 2.45) is 11.3 Å². The SMILES string of the molecule is O=C(CN1CC[C@@H]2NC(=O)[C@@H](Cc3ccccc3)NC(=O)C3(CC=CC[C@@H]2C1)CCOCC3)Nc1ccc(C(F)(F)F)cc1. The van der Waals surface area contributed by atoms with Gasteiger partial charge in [0, 0.05) is 44.5 Å². The largest absolute Gasteiger partial charge is 0.416 e. The monoisotopic (exact) mass is 612 g/mol. The number of nitrogens with one attached hydrogen (secondary N) is 3. The van der Waals surface area contributed by atoms with Gasteiger partial charge in [0.1, 0.15) is 6.04 Å². The molecule has 3 amide bonds. The molecule has 1 spiro atoms. The van der Waals surface area contributed by atoms with E-state index in [4.69, 9.17) is 4.74 Å². The molecule has 2 aromatic rings. The van der Waals surface area contributed by atoms with Crippen LogP contribution in [0, 0.1) is 11.3 Å². The maximum Gasteiger partial charge on any atom is 0.416 e. The van der Waals surface area contributed by atoms with Gasteiger partial charge in [0.05, 0.1) is 17.5 Å². The van der Waals surface area contributed by atoms with E-state index in [-0.39, 0.29) is 36.2 Å². The third-order valence-corrected chi connectivity index (χ3v) is 8.96. The maximum atomic E-state index is 13.7. The summed E-state index contributed by atoms with van der Waals surface area (Å²) in [5.41, 5.74) is -0.167. The summed E-state index contributed by atoms with van der Waals surface area (Å²) in [6.45, 7) is 2.18. The standard InChI is InChI=1S/C33H39F3N4O4/c34-33(35,36)25-9-11-26(12-10-25)37-29(41)22-40-17-13-27-24(21-40)8-4-5-14-32(15-18-44-19-16-32)31(43)39-28(30(42)38-27)20-23-6-2-1-3-7-23/h1-7,9-12,24,27-28H,8,13-22H2,(H,37,41)(H,38,42)(H,39,43)/t24-,27+,28-/m1/s1. The average Bonchev–Trinajstić information content (AvgIpc) is 3.00. The Balaban J connectivity index is 1.28. The molecule has 3 aliphatic rings. The van der Waals surface area contributed by atoms with Crippen LogP contribution in [0.3, 0.4) is 0 Å². The van der Waals surface area contributed by atoms with Crippen LogP contribution in [0.2, 0.25) is 0 Å². The highest BCUT2D eigenvalue weighted by atomic mass is 19.4. The fourth-order valence-corrected chi connectivity index (χ4v) is 6.35. The molecule has 11 heteroatoms. The van der Waals surface area contributed by atoms with E-state index in [9.17, 15) is 27.6 Å². The first-order valence-corrected chi connectivity index (χ1v) is 15.2. The number of piperidine rings is 1. The van der Waals surface area contributed by atoms with E-state index < -0.39 is 23.2 Å². The zero-order chi connectivity index (χ0) is 31.2. The lowest BCUT2D eigenvalue weighted by molar-refractivity contribution is -0.140. The molecule has 0 unspecified atom stereocenters. The Morgan fingerprint density at radius 2 is 1.73 bits per heavy atom. The number of alkyl halides is 3. The fraction of sp³-hybridized carbons (Fsp3) is 0.485. The molecule has 2 saturated heterocycles. The predicted molar refractivity (Wildman–Crippen MR) is 159 cm³/mol. The quantitative estimate of drug-likeness (QED) is 0.437. The zero-order valence-corrected chi connectivity index (χ0v) is 24.6. The summed E-state index contributed by atoms with van der Waals surface area (Å²) in [6.07, 6.45) is 3.06. The molecule has 2 aromatic carbocycles. The molecule has 8 nitrogen and oxygen atoms in total. The van der Waals surface area contributed by atoms with Crippen LogP contribution in [-0.2, 0) is 31.7 Å². The normalized spacial score (nSPS) is 24.8. The van der Waals surface area contributed by atoms with Gasteiger partial charge in [0.15, 0.2) is 0 Å². The van der Waals surface area contributed by atoms with Crippen LogP contribution >= 0.6 is 0 Å². The first-order valence-electron chi connectivity index (χ1n) is 15.2. The van der Waals surface area contributed by atoms with Crippen molar-refractivity contribution in [2.45, 2.75) is 56.8 Å². The van der Waals surface area contributed by atoms with Crippen molar-refractivity contribution in [2.75, 3.05) is 38.2 Å². The van der Waals surface area contributed by atoms with Crippen LogP contribution in [0.1, 0.15) is 43.2 Å². The Morgan fingerprint density at radius 1 is 1.00 bits per heavy atom. The second-order valence-electron chi connectivity index (χ2n) is 12.0. The van der Waals surface area contributed by atoms with Gasteiger partial charge in [-0.3, -0.25) is 19.3 Å². The third kappa shape index (κ3) is 8.06. The van der Waals surface area contributed by atoms with Gasteiger partial charge in [-0.25, -0.2) is 0 Å². The fourth-order valence-electron chi connectivity index (χ4n) is 6.35. The lowest BCUT2D eigenvalue weighted by atomic mass is 9.75. The molecule has 3 N–H and O–H groups in total. The van der Waals surface area contributed by atoms with Crippen molar-refractivity contribution in [1.29, 1.82) is 0 Å². The van der Waals surface area contributed by atoms with Crippen LogP contribution in [-0.4, -0.2) is 67.6 Å². The van der Waals surface area contributed by atoms with E-state index in [1.54, 1.807) is 0 Å². The Morgan fingerprint density at radius 3 is 2.43 bits per heavy atom. The highest BCUT2D eigenvalue weighted by molar-refractivity contribution is 5.92. The number of fused-ring (bicyclic) bond motifs is 1. The van der Waals surface area contributed by atoms with Crippen LogP contribution in [0.4, 0.5) is 18.9 Å². The van der Waals surface area contributed by atoms with E-state index in [0.717, 1.165) is 17.7 Å². The molecule has 44 heavy (non-hydrogen) atoms. The van der Waals surface area contributed by atoms with Gasteiger partial charge in [-0.05, 0) is 67.9 Å². The number of rotatable bonds is 5. The average molecular weight is 613 g/mol. The molecule has 0 bridgehead atoms. The molecule has 3 aliphatic heterocycles. The number of hydrogen-bond donors (Lipinski definition) is 3. The van der Waals surface area contributed by atoms with E-state index in [1.807, 2.05) is 35.2 Å². The molecule has 2 fully saturated rings. The highest BCUT2D eigenvalue weighted by Crippen LogP contribution is 2.36. The number of halogens is 3. The van der Waals surface area contributed by atoms with Crippen LogP contribution in [0.15, 0.2) is 66.7 Å². The summed E-state index contributed by atoms with van der Waals surface area (Å²) < 4.78 is 44.2. The van der Waals surface area contributed by atoms with Gasteiger partial charge < -0.3 is 20.7 Å². The number of benzene rings is 2. The Bertz CT molecular complexity index is 1330. The molecular formula is C33H39F3N4O4. The second-order valence-corrected chi connectivity index (χ2v) is 12.0. The Labute approximate surface area is 255 Å². The zero-order valence-electron chi connectivity index (χ0n) is 24.6. The van der Waals surface area contributed by atoms with Gasteiger partial charge in [-0.2, -0.15) is 13.2 Å². The first-order chi connectivity index (χ1) is 21.1. The summed E-state index contributed by atoms with van der Waals surface area (Å²) in [5, 5.41) is 9.00. The molecule has 0 aliphatic carbocycles. The minimum atomic E-state index is -4.44. The van der Waals surface area contributed by atoms with Crippen molar-refractivity contribution in [1.82, 2.24) is 15.5 Å².